The van der Waals surface area contributed by atoms with Crippen LogP contribution < -0.4 is 10.6 Å². The minimum atomic E-state index is -0.895. The second kappa shape index (κ2) is 6.76. The Morgan fingerprint density at radius 1 is 1.43 bits per heavy atom. The summed E-state index contributed by atoms with van der Waals surface area (Å²) in [6.45, 7) is 0.288. The van der Waals surface area contributed by atoms with E-state index < -0.39 is 5.97 Å². The van der Waals surface area contributed by atoms with Gasteiger partial charge in [0.1, 0.15) is 5.82 Å². The molecule has 0 bridgehead atoms. The topological polar surface area (TPSA) is 78.4 Å². The zero-order valence-corrected chi connectivity index (χ0v) is 12.0. The molecule has 0 radical (unpaired) electrons. The van der Waals surface area contributed by atoms with E-state index in [1.54, 1.807) is 12.1 Å². The van der Waals surface area contributed by atoms with Crippen molar-refractivity contribution in [1.29, 1.82) is 0 Å². The quantitative estimate of drug-likeness (QED) is 0.706. The third kappa shape index (κ3) is 4.32. The number of carbonyl (C=O) groups excluding carboxylic acids is 1. The van der Waals surface area contributed by atoms with Gasteiger partial charge in [-0.3, -0.25) is 4.79 Å². The van der Waals surface area contributed by atoms with Crippen molar-refractivity contribution in [2.24, 2.45) is 0 Å². The first-order valence-electron chi connectivity index (χ1n) is 6.69. The van der Waals surface area contributed by atoms with Crippen molar-refractivity contribution in [3.05, 3.63) is 34.6 Å². The Balaban J connectivity index is 1.76. The maximum atomic E-state index is 13.7. The number of halogens is 2. The number of hydrogen-bond donors (Lipinski definition) is 3. The number of aliphatic carboxylic acids is 1. The van der Waals surface area contributed by atoms with Gasteiger partial charge in [0.05, 0.1) is 0 Å². The smallest absolute Gasteiger partial charge is 0.315 e. The largest absolute Gasteiger partial charge is 0.481 e. The maximum absolute atomic E-state index is 13.7. The highest BCUT2D eigenvalue weighted by Gasteiger charge is 2.42. The normalized spacial score (nSPS) is 19.9. The van der Waals surface area contributed by atoms with Gasteiger partial charge in [-0.2, -0.15) is 0 Å². The Bertz CT molecular complexity index is 533. The fourth-order valence-corrected chi connectivity index (χ4v) is 2.50. The Morgan fingerprint density at radius 2 is 2.19 bits per heavy atom. The van der Waals surface area contributed by atoms with Crippen molar-refractivity contribution in [2.45, 2.75) is 31.2 Å². The lowest BCUT2D eigenvalue weighted by atomic mass is 10.1. The van der Waals surface area contributed by atoms with Crippen LogP contribution in [0.2, 0.25) is 5.02 Å². The fraction of sp³-hybridized carbons (Fsp3) is 0.429. The molecule has 1 aliphatic carbocycles. The highest BCUT2D eigenvalue weighted by Crippen LogP contribution is 2.44. The van der Waals surface area contributed by atoms with E-state index in [4.69, 9.17) is 16.7 Å². The van der Waals surface area contributed by atoms with Crippen molar-refractivity contribution < 1.29 is 19.1 Å². The minimum Gasteiger partial charge on any atom is -0.481 e. The number of urea groups is 1. The summed E-state index contributed by atoms with van der Waals surface area (Å²) in [4.78, 5) is 21.9. The monoisotopic (exact) mass is 314 g/mol. The second-order valence-corrected chi connectivity index (χ2v) is 5.39. The second-order valence-electron chi connectivity index (χ2n) is 4.98. The predicted molar refractivity (Wildman–Crippen MR) is 76.0 cm³/mol. The van der Waals surface area contributed by atoms with Crippen molar-refractivity contribution in [3.63, 3.8) is 0 Å². The number of carbonyl (C=O) groups is 2. The average Bonchev–Trinajstić information content (AvgIpc) is 3.13. The molecule has 1 aromatic rings. The van der Waals surface area contributed by atoms with Crippen LogP contribution in [0, 0.1) is 5.82 Å². The van der Waals surface area contributed by atoms with Gasteiger partial charge in [-0.25, -0.2) is 9.18 Å². The molecule has 3 N–H and O–H groups in total. The maximum Gasteiger partial charge on any atom is 0.315 e. The predicted octanol–water partition coefficient (Wildman–Crippen LogP) is 2.50. The van der Waals surface area contributed by atoms with Crippen molar-refractivity contribution in [1.82, 2.24) is 10.6 Å². The van der Waals surface area contributed by atoms with Crippen LogP contribution in [-0.4, -0.2) is 29.7 Å². The van der Waals surface area contributed by atoms with Crippen LogP contribution in [0.3, 0.4) is 0 Å². The molecule has 0 saturated heterocycles. The molecule has 0 aromatic heterocycles. The Hall–Kier alpha value is -1.82. The van der Waals surface area contributed by atoms with Gasteiger partial charge in [-0.1, -0.05) is 17.7 Å². The molecule has 5 nitrogen and oxygen atoms in total. The van der Waals surface area contributed by atoms with Gasteiger partial charge in [-0.15, -0.1) is 0 Å². The highest BCUT2D eigenvalue weighted by atomic mass is 35.5. The third-order valence-corrected chi connectivity index (χ3v) is 3.66. The van der Waals surface area contributed by atoms with Crippen LogP contribution in [0.1, 0.15) is 30.7 Å². The summed E-state index contributed by atoms with van der Waals surface area (Å²) >= 11 is 5.97. The van der Waals surface area contributed by atoms with Crippen molar-refractivity contribution in [3.8, 4) is 0 Å². The number of rotatable bonds is 6. The van der Waals surface area contributed by atoms with Crippen LogP contribution in [-0.2, 0) is 4.79 Å². The molecule has 2 atom stereocenters. The van der Waals surface area contributed by atoms with Crippen LogP contribution in [0.25, 0.3) is 0 Å². The molecule has 7 heteroatoms. The van der Waals surface area contributed by atoms with Crippen LogP contribution in [0.5, 0.6) is 0 Å². The fourth-order valence-electron chi connectivity index (χ4n) is 2.20. The molecule has 1 aromatic carbocycles. The molecule has 2 rings (SSSR count). The van der Waals surface area contributed by atoms with Gasteiger partial charge >= 0.3 is 12.0 Å². The van der Waals surface area contributed by atoms with Crippen LogP contribution in [0.4, 0.5) is 9.18 Å². The molecule has 0 spiro atoms. The first kappa shape index (κ1) is 15.6. The van der Waals surface area contributed by atoms with Gasteiger partial charge in [0, 0.05) is 35.5 Å². The number of benzene rings is 1. The lowest BCUT2D eigenvalue weighted by molar-refractivity contribution is -0.137. The van der Waals surface area contributed by atoms with Gasteiger partial charge < -0.3 is 15.7 Å². The van der Waals surface area contributed by atoms with Gasteiger partial charge in [0.2, 0.25) is 0 Å². The Morgan fingerprint density at radius 3 is 2.86 bits per heavy atom. The van der Waals surface area contributed by atoms with Crippen molar-refractivity contribution in [2.75, 3.05) is 6.54 Å². The van der Waals surface area contributed by atoms with Crippen LogP contribution >= 0.6 is 11.6 Å². The number of carboxylic acids is 1. The lowest BCUT2D eigenvalue weighted by Gasteiger charge is -2.08. The van der Waals surface area contributed by atoms with Crippen LogP contribution in [0.15, 0.2) is 18.2 Å². The highest BCUT2D eigenvalue weighted by molar-refractivity contribution is 6.31. The van der Waals surface area contributed by atoms with E-state index in [-0.39, 0.29) is 36.8 Å². The van der Waals surface area contributed by atoms with E-state index in [9.17, 15) is 14.0 Å². The Kier molecular flexibility index (Phi) is 5.01. The standard InChI is InChI=1S/C14H16ClFN2O3/c15-9-3-1-4-10(16)13(9)8-7-11(8)18-14(21)17-6-2-5-12(19)20/h1,3-4,8,11H,2,5-7H2,(H,19,20)(H2,17,18,21)/t8-,11-/m1/s1. The van der Waals surface area contributed by atoms with E-state index in [0.717, 1.165) is 0 Å². The van der Waals surface area contributed by atoms with E-state index in [1.165, 1.54) is 6.07 Å². The van der Waals surface area contributed by atoms with Gasteiger partial charge in [0.25, 0.3) is 0 Å². The molecule has 1 fully saturated rings. The molecule has 2 amide bonds. The molecule has 114 valence electrons. The summed E-state index contributed by atoms with van der Waals surface area (Å²) < 4.78 is 13.7. The molecule has 0 heterocycles. The summed E-state index contributed by atoms with van der Waals surface area (Å²) in [5.41, 5.74) is 0.440. The molecule has 0 unspecified atom stereocenters. The number of hydrogen-bond acceptors (Lipinski definition) is 2. The lowest BCUT2D eigenvalue weighted by Crippen LogP contribution is -2.38. The van der Waals surface area contributed by atoms with Gasteiger partial charge in [-0.05, 0) is 25.0 Å². The van der Waals surface area contributed by atoms with Gasteiger partial charge in [0.15, 0.2) is 0 Å². The van der Waals surface area contributed by atoms with E-state index >= 15 is 0 Å². The summed E-state index contributed by atoms with van der Waals surface area (Å²) in [5, 5.41) is 14.1. The third-order valence-electron chi connectivity index (χ3n) is 3.33. The zero-order chi connectivity index (χ0) is 15.4. The summed E-state index contributed by atoms with van der Waals surface area (Å²) in [6.07, 6.45) is 1.02. The molecule has 1 saturated carbocycles. The molecule has 0 aliphatic heterocycles. The molecular weight excluding hydrogens is 299 g/mol. The first-order valence-corrected chi connectivity index (χ1v) is 7.07. The average molecular weight is 315 g/mol. The SMILES string of the molecule is O=C(O)CCCNC(=O)N[C@@H]1C[C@H]1c1c(F)cccc1Cl. The first-order chi connectivity index (χ1) is 9.99. The van der Waals surface area contributed by atoms with E-state index in [0.29, 0.717) is 23.4 Å². The molecule has 1 aliphatic rings. The number of amides is 2. The van der Waals surface area contributed by atoms with E-state index in [1.807, 2.05) is 0 Å². The van der Waals surface area contributed by atoms with Crippen molar-refractivity contribution >= 4 is 23.6 Å². The zero-order valence-electron chi connectivity index (χ0n) is 11.2. The van der Waals surface area contributed by atoms with E-state index in [2.05, 4.69) is 10.6 Å². The number of carboxylic acid groups (broad SMARTS) is 1. The molecule has 21 heavy (non-hydrogen) atoms. The summed E-state index contributed by atoms with van der Waals surface area (Å²) in [5.74, 6) is -1.37. The molecular formula is C14H16ClFN2O3. The Labute approximate surface area is 126 Å². The number of nitrogens with one attached hydrogen (secondary N) is 2. The minimum absolute atomic E-state index is 0.0111. The summed E-state index contributed by atoms with van der Waals surface area (Å²) in [7, 11) is 0. The summed E-state index contributed by atoms with van der Waals surface area (Å²) in [6, 6.07) is 4.00.